The number of nitrogens with two attached hydrogens (primary N) is 1. The predicted octanol–water partition coefficient (Wildman–Crippen LogP) is -1.11. The number of hydrogen-bond acceptors (Lipinski definition) is 2. The number of likely N-dealkylation sites (N-methyl/N-ethyl adjacent to an activating group) is 2. The van der Waals surface area contributed by atoms with E-state index < -0.39 is 0 Å². The van der Waals surface area contributed by atoms with E-state index in [1.807, 2.05) is 23.6 Å². The Labute approximate surface area is 49.4 Å². The summed E-state index contributed by atoms with van der Waals surface area (Å²) in [7, 11) is 4.00. The van der Waals surface area contributed by atoms with Gasteiger partial charge in [-0.15, -0.1) is 0 Å². The van der Waals surface area contributed by atoms with Crippen LogP contribution in [0.2, 0.25) is 0 Å². The molecule has 0 saturated heterocycles. The topological polar surface area (TPSA) is 32.3 Å². The van der Waals surface area contributed by atoms with Gasteiger partial charge in [-0.25, -0.2) is 0 Å². The minimum atomic E-state index is 0.880. The van der Waals surface area contributed by atoms with E-state index in [0.717, 1.165) is 19.0 Å². The Morgan fingerprint density at radius 3 is 2.50 bits per heavy atom. The van der Waals surface area contributed by atoms with Gasteiger partial charge in [0.2, 0.25) is 0 Å². The highest BCUT2D eigenvalue weighted by Gasteiger charge is 2.18. The van der Waals surface area contributed by atoms with E-state index >= 15 is 0 Å². The number of guanidine groups is 1. The van der Waals surface area contributed by atoms with Crippen molar-refractivity contribution in [2.45, 2.75) is 0 Å². The van der Waals surface area contributed by atoms with E-state index in [-0.39, 0.29) is 0 Å². The maximum atomic E-state index is 5.59. The van der Waals surface area contributed by atoms with Crippen LogP contribution in [0.25, 0.3) is 0 Å². The van der Waals surface area contributed by atoms with Crippen molar-refractivity contribution < 1.29 is 4.58 Å². The smallest absolute Gasteiger partial charge is 0.291 e. The van der Waals surface area contributed by atoms with Crippen molar-refractivity contribution in [3.05, 3.63) is 0 Å². The molecule has 0 amide bonds. The van der Waals surface area contributed by atoms with E-state index in [1.165, 1.54) is 0 Å². The van der Waals surface area contributed by atoms with E-state index in [2.05, 4.69) is 0 Å². The maximum Gasteiger partial charge on any atom is 0.345 e. The zero-order valence-electron chi connectivity index (χ0n) is 5.39. The molecule has 0 spiro atoms. The molecule has 0 saturated carbocycles. The Balaban J connectivity index is 2.71. The first kappa shape index (κ1) is 5.41. The zero-order valence-corrected chi connectivity index (χ0v) is 5.39. The van der Waals surface area contributed by atoms with Gasteiger partial charge in [-0.05, 0) is 0 Å². The van der Waals surface area contributed by atoms with Gasteiger partial charge >= 0.3 is 5.96 Å². The minimum absolute atomic E-state index is 0.880. The Hall–Kier alpha value is -0.730. The summed E-state index contributed by atoms with van der Waals surface area (Å²) < 4.78 is 2.04. The summed E-state index contributed by atoms with van der Waals surface area (Å²) in [5.41, 5.74) is 5.59. The van der Waals surface area contributed by atoms with Crippen LogP contribution in [0.4, 0.5) is 0 Å². The van der Waals surface area contributed by atoms with E-state index in [4.69, 9.17) is 5.73 Å². The van der Waals surface area contributed by atoms with Gasteiger partial charge in [-0.2, -0.15) is 0 Å². The first-order valence-electron chi connectivity index (χ1n) is 2.76. The van der Waals surface area contributed by atoms with Crippen LogP contribution in [0, 0.1) is 0 Å². The molecule has 1 aliphatic rings. The van der Waals surface area contributed by atoms with Crippen LogP contribution in [0.1, 0.15) is 0 Å². The average Bonchev–Trinajstić information content (AvgIpc) is 1.98. The maximum absolute atomic E-state index is 5.59. The summed E-state index contributed by atoms with van der Waals surface area (Å²) in [6, 6.07) is 0. The lowest BCUT2D eigenvalue weighted by atomic mass is 10.6. The Morgan fingerprint density at radius 1 is 1.75 bits per heavy atom. The zero-order chi connectivity index (χ0) is 6.15. The monoisotopic (exact) mass is 114 g/mol. The Morgan fingerprint density at radius 2 is 2.38 bits per heavy atom. The van der Waals surface area contributed by atoms with E-state index in [9.17, 15) is 0 Å². The third-order valence-corrected chi connectivity index (χ3v) is 1.55. The molecule has 3 heteroatoms. The summed E-state index contributed by atoms with van der Waals surface area (Å²) in [5, 5.41) is 0. The van der Waals surface area contributed by atoms with Crippen molar-refractivity contribution in [2.24, 2.45) is 5.73 Å². The molecule has 3 nitrogen and oxygen atoms in total. The molecule has 0 aromatic heterocycles. The van der Waals surface area contributed by atoms with Crippen molar-refractivity contribution in [1.82, 2.24) is 4.90 Å². The average molecular weight is 114 g/mol. The van der Waals surface area contributed by atoms with Gasteiger partial charge < -0.3 is 0 Å². The normalized spacial score (nSPS) is 20.5. The summed E-state index contributed by atoms with van der Waals surface area (Å²) in [4.78, 5) is 2.04. The fraction of sp³-hybridized carbons (Fsp3) is 0.800. The second-order valence-corrected chi connectivity index (χ2v) is 2.20. The van der Waals surface area contributed by atoms with Crippen molar-refractivity contribution in [2.75, 3.05) is 27.2 Å². The molecule has 46 valence electrons. The molecule has 1 aliphatic heterocycles. The molecule has 0 aliphatic carbocycles. The SMILES string of the molecule is CN1CC[N+](C)=C1N. The molecule has 0 atom stereocenters. The van der Waals surface area contributed by atoms with Gasteiger partial charge in [0, 0.05) is 0 Å². The van der Waals surface area contributed by atoms with Gasteiger partial charge in [0.15, 0.2) is 0 Å². The first-order valence-corrected chi connectivity index (χ1v) is 2.76. The molecule has 0 aromatic rings. The molecular formula is C5H12N3+. The number of hydrogen-bond donors (Lipinski definition) is 1. The van der Waals surface area contributed by atoms with Gasteiger partial charge in [-0.1, -0.05) is 0 Å². The van der Waals surface area contributed by atoms with Crippen LogP contribution < -0.4 is 5.73 Å². The third kappa shape index (κ3) is 0.638. The van der Waals surface area contributed by atoms with Crippen LogP contribution in [-0.2, 0) is 0 Å². The molecule has 8 heavy (non-hydrogen) atoms. The fourth-order valence-corrected chi connectivity index (χ4v) is 0.821. The first-order chi connectivity index (χ1) is 3.72. The molecule has 0 aromatic carbocycles. The quantitative estimate of drug-likeness (QED) is 0.405. The third-order valence-electron chi connectivity index (χ3n) is 1.55. The van der Waals surface area contributed by atoms with Crippen molar-refractivity contribution in [1.29, 1.82) is 0 Å². The van der Waals surface area contributed by atoms with Crippen LogP contribution in [-0.4, -0.2) is 42.6 Å². The molecule has 0 unspecified atom stereocenters. The van der Waals surface area contributed by atoms with E-state index in [1.54, 1.807) is 0 Å². The highest BCUT2D eigenvalue weighted by atomic mass is 15.3. The van der Waals surface area contributed by atoms with Crippen molar-refractivity contribution in [3.63, 3.8) is 0 Å². The molecule has 1 rings (SSSR count). The predicted molar refractivity (Wildman–Crippen MR) is 32.9 cm³/mol. The highest BCUT2D eigenvalue weighted by molar-refractivity contribution is 5.73. The van der Waals surface area contributed by atoms with Gasteiger partial charge in [-0.3, -0.25) is 15.2 Å². The molecule has 0 fully saturated rings. The lowest BCUT2D eigenvalue weighted by molar-refractivity contribution is -0.487. The van der Waals surface area contributed by atoms with Crippen molar-refractivity contribution >= 4 is 5.96 Å². The second kappa shape index (κ2) is 1.65. The van der Waals surface area contributed by atoms with Crippen molar-refractivity contribution in [3.8, 4) is 0 Å². The summed E-state index contributed by atoms with van der Waals surface area (Å²) in [5.74, 6) is 0.880. The standard InChI is InChI=1S/C5H11N3/c1-7-3-4-8(2)5(7)6/h6H,3-4H2,1-2H3/p+1. The largest absolute Gasteiger partial charge is 0.345 e. The molecule has 1 heterocycles. The Bertz CT molecular complexity index is 128. The minimum Gasteiger partial charge on any atom is -0.291 e. The fourth-order valence-electron chi connectivity index (χ4n) is 0.821. The van der Waals surface area contributed by atoms with E-state index in [0.29, 0.717) is 0 Å². The second-order valence-electron chi connectivity index (χ2n) is 2.20. The number of nitrogens with zero attached hydrogens (tertiary/aromatic N) is 2. The van der Waals surface area contributed by atoms with Crippen LogP contribution in [0.5, 0.6) is 0 Å². The Kier molecular flexibility index (Phi) is 1.12. The van der Waals surface area contributed by atoms with Crippen LogP contribution in [0.15, 0.2) is 0 Å². The molecule has 0 bridgehead atoms. The highest BCUT2D eigenvalue weighted by Crippen LogP contribution is 1.89. The molecule has 2 N–H and O–H groups in total. The molecular weight excluding hydrogens is 102 g/mol. The van der Waals surface area contributed by atoms with Crippen LogP contribution >= 0.6 is 0 Å². The number of rotatable bonds is 0. The summed E-state index contributed by atoms with van der Waals surface area (Å²) >= 11 is 0. The van der Waals surface area contributed by atoms with Crippen LogP contribution in [0.3, 0.4) is 0 Å². The summed E-state index contributed by atoms with van der Waals surface area (Å²) in [6.07, 6.45) is 0. The van der Waals surface area contributed by atoms with Gasteiger partial charge in [0.25, 0.3) is 0 Å². The lowest BCUT2D eigenvalue weighted by Gasteiger charge is -1.99. The van der Waals surface area contributed by atoms with Gasteiger partial charge in [0.05, 0.1) is 27.2 Å². The molecule has 0 radical (unpaired) electrons. The van der Waals surface area contributed by atoms with Gasteiger partial charge in [0.1, 0.15) is 0 Å². The summed E-state index contributed by atoms with van der Waals surface area (Å²) in [6.45, 7) is 2.12. The lowest BCUT2D eigenvalue weighted by Crippen LogP contribution is -2.32.